The van der Waals surface area contributed by atoms with Gasteiger partial charge in [0.2, 0.25) is 0 Å². The topological polar surface area (TPSA) is 79.3 Å². The van der Waals surface area contributed by atoms with Gasteiger partial charge in [-0.1, -0.05) is 24.3 Å². The summed E-state index contributed by atoms with van der Waals surface area (Å²) in [6, 6.07) is 13.5. The quantitative estimate of drug-likeness (QED) is 0.694. The number of nitrogens with zero attached hydrogens (tertiary/aromatic N) is 3. The fourth-order valence-corrected chi connectivity index (χ4v) is 3.77. The minimum Gasteiger partial charge on any atom is -0.352 e. The number of fused-ring (bicyclic) bond motifs is 1. The fraction of sp³-hybridized carbons (Fsp3) is 0.318. The average Bonchev–Trinajstić information content (AvgIpc) is 2.76. The summed E-state index contributed by atoms with van der Waals surface area (Å²) < 4.78 is 14.8. The van der Waals surface area contributed by atoms with Crippen LogP contribution in [0.5, 0.6) is 0 Å². The number of nitrogens with one attached hydrogen (secondary N) is 2. The molecule has 1 aliphatic heterocycles. The van der Waals surface area contributed by atoms with Crippen LogP contribution >= 0.6 is 0 Å². The van der Waals surface area contributed by atoms with Crippen LogP contribution in [-0.2, 0) is 13.6 Å². The zero-order valence-corrected chi connectivity index (χ0v) is 16.8. The maximum Gasteiger partial charge on any atom is 0.315 e. The zero-order valence-electron chi connectivity index (χ0n) is 16.8. The van der Waals surface area contributed by atoms with E-state index in [0.29, 0.717) is 37.3 Å². The number of para-hydroxylation sites is 2. The molecule has 1 saturated heterocycles. The monoisotopic (exact) mass is 409 g/mol. The molecule has 8 heteroatoms. The average molecular weight is 409 g/mol. The Morgan fingerprint density at radius 3 is 2.70 bits per heavy atom. The van der Waals surface area contributed by atoms with Crippen LogP contribution in [0.25, 0.3) is 11.0 Å². The molecule has 2 N–H and O–H groups in total. The number of amides is 2. The zero-order chi connectivity index (χ0) is 21.1. The van der Waals surface area contributed by atoms with Crippen LogP contribution in [-0.4, -0.2) is 34.7 Å². The van der Waals surface area contributed by atoms with Crippen LogP contribution < -0.4 is 21.1 Å². The van der Waals surface area contributed by atoms with E-state index >= 15 is 0 Å². The molecule has 0 radical (unpaired) electrons. The summed E-state index contributed by atoms with van der Waals surface area (Å²) in [5, 5.41) is 5.71. The Morgan fingerprint density at radius 2 is 1.93 bits per heavy atom. The minimum absolute atomic E-state index is 0.0121. The third kappa shape index (κ3) is 4.27. The SMILES string of the molecule is Cn1c(=O)c(N2CCC(NC(=O)NCc3cccc(F)c3)CC2)nc2ccccc21. The highest BCUT2D eigenvalue weighted by Gasteiger charge is 2.24. The molecule has 2 heterocycles. The number of hydrogen-bond donors (Lipinski definition) is 2. The number of aryl methyl sites for hydroxylation is 1. The fourth-order valence-electron chi connectivity index (χ4n) is 3.77. The number of urea groups is 1. The lowest BCUT2D eigenvalue weighted by Gasteiger charge is -2.33. The summed E-state index contributed by atoms with van der Waals surface area (Å²) in [6.45, 7) is 1.53. The van der Waals surface area contributed by atoms with E-state index in [1.54, 1.807) is 23.7 Å². The summed E-state index contributed by atoms with van der Waals surface area (Å²) in [6.07, 6.45) is 1.43. The van der Waals surface area contributed by atoms with Crippen molar-refractivity contribution in [3.63, 3.8) is 0 Å². The van der Waals surface area contributed by atoms with E-state index in [0.717, 1.165) is 11.0 Å². The number of carbonyl (C=O) groups excluding carboxylic acids is 1. The molecule has 0 unspecified atom stereocenters. The highest BCUT2D eigenvalue weighted by atomic mass is 19.1. The van der Waals surface area contributed by atoms with Crippen LogP contribution in [0.15, 0.2) is 53.3 Å². The lowest BCUT2D eigenvalue weighted by Crippen LogP contribution is -2.49. The molecule has 0 saturated carbocycles. The van der Waals surface area contributed by atoms with Gasteiger partial charge in [-0.05, 0) is 42.7 Å². The van der Waals surface area contributed by atoms with Gasteiger partial charge in [0.05, 0.1) is 11.0 Å². The van der Waals surface area contributed by atoms with Crippen molar-refractivity contribution in [3.8, 4) is 0 Å². The number of carbonyl (C=O) groups is 1. The molecule has 1 aromatic heterocycles. The van der Waals surface area contributed by atoms with Gasteiger partial charge in [-0.15, -0.1) is 0 Å². The van der Waals surface area contributed by atoms with Crippen molar-refractivity contribution in [1.29, 1.82) is 0 Å². The second-order valence-electron chi connectivity index (χ2n) is 7.51. The lowest BCUT2D eigenvalue weighted by molar-refractivity contribution is 0.234. The molecule has 1 fully saturated rings. The van der Waals surface area contributed by atoms with Gasteiger partial charge in [-0.25, -0.2) is 14.2 Å². The predicted molar refractivity (Wildman–Crippen MR) is 114 cm³/mol. The van der Waals surface area contributed by atoms with Gasteiger partial charge in [0, 0.05) is 32.7 Å². The molecule has 1 aliphatic rings. The van der Waals surface area contributed by atoms with Crippen molar-refractivity contribution >= 4 is 22.9 Å². The van der Waals surface area contributed by atoms with Crippen LogP contribution in [0, 0.1) is 5.82 Å². The molecule has 7 nitrogen and oxygen atoms in total. The van der Waals surface area contributed by atoms with Gasteiger partial charge in [0.1, 0.15) is 5.82 Å². The summed E-state index contributed by atoms with van der Waals surface area (Å²) >= 11 is 0. The third-order valence-electron chi connectivity index (χ3n) is 5.44. The van der Waals surface area contributed by atoms with E-state index in [9.17, 15) is 14.0 Å². The smallest absolute Gasteiger partial charge is 0.315 e. The van der Waals surface area contributed by atoms with Crippen molar-refractivity contribution in [2.24, 2.45) is 7.05 Å². The van der Waals surface area contributed by atoms with E-state index in [4.69, 9.17) is 0 Å². The molecule has 156 valence electrons. The first-order chi connectivity index (χ1) is 14.5. The Bertz CT molecular complexity index is 1120. The second-order valence-corrected chi connectivity index (χ2v) is 7.51. The number of benzene rings is 2. The Morgan fingerprint density at radius 1 is 1.17 bits per heavy atom. The summed E-state index contributed by atoms with van der Waals surface area (Å²) in [7, 11) is 1.76. The van der Waals surface area contributed by atoms with Gasteiger partial charge in [-0.2, -0.15) is 0 Å². The Hall–Kier alpha value is -3.42. The van der Waals surface area contributed by atoms with E-state index in [2.05, 4.69) is 15.6 Å². The maximum absolute atomic E-state index is 13.2. The van der Waals surface area contributed by atoms with E-state index < -0.39 is 0 Å². The van der Waals surface area contributed by atoms with Gasteiger partial charge < -0.3 is 20.1 Å². The number of aromatic nitrogens is 2. The third-order valence-corrected chi connectivity index (χ3v) is 5.44. The van der Waals surface area contributed by atoms with Gasteiger partial charge in [-0.3, -0.25) is 4.79 Å². The molecule has 0 atom stereocenters. The first kappa shape index (κ1) is 19.9. The minimum atomic E-state index is -0.324. The normalized spacial score (nSPS) is 14.7. The Labute approximate surface area is 173 Å². The molecule has 2 aromatic carbocycles. The van der Waals surface area contributed by atoms with E-state index in [1.807, 2.05) is 29.2 Å². The standard InChI is InChI=1S/C22H24FN5O2/c1-27-19-8-3-2-7-18(19)26-20(21(27)29)28-11-9-17(10-12-28)25-22(30)24-14-15-5-4-6-16(23)13-15/h2-8,13,17H,9-12,14H2,1H3,(H2,24,25,30). The maximum atomic E-state index is 13.2. The molecule has 4 rings (SSSR count). The Kier molecular flexibility index (Phi) is 5.65. The van der Waals surface area contributed by atoms with Crippen LogP contribution in [0.1, 0.15) is 18.4 Å². The molecule has 0 spiro atoms. The largest absolute Gasteiger partial charge is 0.352 e. The molecule has 0 aliphatic carbocycles. The summed E-state index contributed by atoms with van der Waals surface area (Å²) in [4.78, 5) is 31.5. The number of anilines is 1. The highest BCUT2D eigenvalue weighted by molar-refractivity contribution is 5.76. The first-order valence-corrected chi connectivity index (χ1v) is 10.0. The van der Waals surface area contributed by atoms with Crippen molar-refractivity contribution in [3.05, 3.63) is 70.3 Å². The summed E-state index contributed by atoms with van der Waals surface area (Å²) in [5.41, 5.74) is 2.18. The van der Waals surface area contributed by atoms with E-state index in [-0.39, 0.29) is 30.0 Å². The van der Waals surface area contributed by atoms with Crippen molar-refractivity contribution in [2.45, 2.75) is 25.4 Å². The molecular weight excluding hydrogens is 385 g/mol. The second kappa shape index (κ2) is 8.52. The number of piperidine rings is 1. The predicted octanol–water partition coefficient (Wildman–Crippen LogP) is 2.54. The number of hydrogen-bond acceptors (Lipinski definition) is 4. The molecule has 30 heavy (non-hydrogen) atoms. The van der Waals surface area contributed by atoms with Crippen LogP contribution in [0.3, 0.4) is 0 Å². The highest BCUT2D eigenvalue weighted by Crippen LogP contribution is 2.18. The van der Waals surface area contributed by atoms with E-state index in [1.165, 1.54) is 12.1 Å². The van der Waals surface area contributed by atoms with Crippen molar-refractivity contribution in [1.82, 2.24) is 20.2 Å². The van der Waals surface area contributed by atoms with Crippen molar-refractivity contribution in [2.75, 3.05) is 18.0 Å². The molecule has 3 aromatic rings. The molecule has 2 amide bonds. The Balaban J connectivity index is 1.34. The molecular formula is C22H24FN5O2. The molecule has 0 bridgehead atoms. The first-order valence-electron chi connectivity index (χ1n) is 10.0. The number of halogens is 1. The van der Waals surface area contributed by atoms with Gasteiger partial charge in [0.15, 0.2) is 5.82 Å². The van der Waals surface area contributed by atoms with Crippen molar-refractivity contribution < 1.29 is 9.18 Å². The summed E-state index contributed by atoms with van der Waals surface area (Å²) in [5.74, 6) is 0.126. The lowest BCUT2D eigenvalue weighted by atomic mass is 10.1. The van der Waals surface area contributed by atoms with Gasteiger partial charge in [0.25, 0.3) is 5.56 Å². The van der Waals surface area contributed by atoms with Gasteiger partial charge >= 0.3 is 6.03 Å². The van der Waals surface area contributed by atoms with Crippen LogP contribution in [0.4, 0.5) is 15.0 Å². The van der Waals surface area contributed by atoms with Crippen LogP contribution in [0.2, 0.25) is 0 Å². The number of rotatable bonds is 4.